The first-order chi connectivity index (χ1) is 24.3. The topological polar surface area (TPSA) is 99.8 Å². The summed E-state index contributed by atoms with van der Waals surface area (Å²) in [5, 5.41) is 4.03. The molecule has 2 N–H and O–H groups in total. The number of nitrogens with zero attached hydrogens (tertiary/aromatic N) is 3. The van der Waals surface area contributed by atoms with E-state index in [2.05, 4.69) is 72.1 Å². The van der Waals surface area contributed by atoms with Gasteiger partial charge in [0.25, 0.3) is 5.56 Å². The lowest BCUT2D eigenvalue weighted by molar-refractivity contribution is 0.0322. The number of H-pyrrole nitrogens is 1. The van der Waals surface area contributed by atoms with Gasteiger partial charge in [-0.15, -0.1) is 0 Å². The minimum Gasteiger partial charge on any atom is -0.492 e. The van der Waals surface area contributed by atoms with Crippen molar-refractivity contribution in [2.24, 2.45) is 0 Å². The highest BCUT2D eigenvalue weighted by Gasteiger charge is 2.24. The van der Waals surface area contributed by atoms with Crippen molar-refractivity contribution in [1.29, 1.82) is 0 Å². The van der Waals surface area contributed by atoms with Gasteiger partial charge in [-0.05, 0) is 88.5 Å². The molecule has 2 aromatic heterocycles. The molecule has 0 bridgehead atoms. The third kappa shape index (κ3) is 8.41. The van der Waals surface area contributed by atoms with E-state index in [4.69, 9.17) is 9.47 Å². The monoisotopic (exact) mass is 673 g/mol. The lowest BCUT2D eigenvalue weighted by atomic mass is 9.88. The summed E-state index contributed by atoms with van der Waals surface area (Å²) >= 11 is 0. The average Bonchev–Trinajstić information content (AvgIpc) is 3.12. The number of rotatable bonds is 12. The molecular weight excluding hydrogens is 626 g/mol. The zero-order valence-corrected chi connectivity index (χ0v) is 29.4. The lowest BCUT2D eigenvalue weighted by Crippen LogP contribution is -2.40. The van der Waals surface area contributed by atoms with Crippen LogP contribution in [0.15, 0.2) is 95.9 Å². The first-order valence-electron chi connectivity index (χ1n) is 17.6. The van der Waals surface area contributed by atoms with Crippen molar-refractivity contribution >= 4 is 28.4 Å². The van der Waals surface area contributed by atoms with Gasteiger partial charge in [0, 0.05) is 43.4 Å². The molecule has 50 heavy (non-hydrogen) atoms. The average molecular weight is 674 g/mol. The number of amides is 2. The summed E-state index contributed by atoms with van der Waals surface area (Å²) in [7, 11) is 0. The van der Waals surface area contributed by atoms with E-state index < -0.39 is 0 Å². The summed E-state index contributed by atoms with van der Waals surface area (Å²) in [6, 6.07) is 27.6. The number of aromatic nitrogens is 2. The van der Waals surface area contributed by atoms with Crippen LogP contribution in [0.2, 0.25) is 0 Å². The second-order valence-electron chi connectivity index (χ2n) is 13.4. The van der Waals surface area contributed by atoms with Gasteiger partial charge in [-0.25, -0.2) is 9.78 Å². The highest BCUT2D eigenvalue weighted by molar-refractivity contribution is 6.03. The second kappa shape index (κ2) is 16.1. The van der Waals surface area contributed by atoms with Crippen LogP contribution in [0.4, 0.5) is 16.2 Å². The van der Waals surface area contributed by atoms with Gasteiger partial charge in [0.2, 0.25) is 0 Å². The van der Waals surface area contributed by atoms with Crippen LogP contribution < -0.4 is 20.5 Å². The fourth-order valence-electron chi connectivity index (χ4n) is 6.41. The van der Waals surface area contributed by atoms with Gasteiger partial charge in [0.15, 0.2) is 0 Å². The number of benzene rings is 3. The maximum atomic E-state index is 14.4. The fraction of sp³-hybridized carbons (Fsp3) is 0.341. The van der Waals surface area contributed by atoms with Crippen LogP contribution in [-0.2, 0) is 11.2 Å². The molecule has 1 aliphatic rings. The Morgan fingerprint density at radius 3 is 2.38 bits per heavy atom. The fourth-order valence-corrected chi connectivity index (χ4v) is 6.41. The van der Waals surface area contributed by atoms with Crippen molar-refractivity contribution in [2.75, 3.05) is 56.2 Å². The summed E-state index contributed by atoms with van der Waals surface area (Å²) in [6.45, 7) is 13.7. The standard InChI is InChI=1S/C41H47N5O4/c1-28(2)35-25-33(31-12-8-14-34(24-31)50-23-20-45-18-21-49-22-19-45)26-36(29(3)4)38(35)43-41(48)46(17-15-30-10-6-5-7-11-30)37-27-32-13-9-16-42-39(32)44-40(37)47/h5-14,16,24-29H,15,17-23H2,1-4H3,(H,43,48)(H,42,44,47). The molecule has 9 nitrogen and oxygen atoms in total. The molecule has 2 amide bonds. The molecule has 0 radical (unpaired) electrons. The number of hydrogen-bond donors (Lipinski definition) is 2. The number of nitrogens with one attached hydrogen (secondary N) is 2. The molecule has 1 saturated heterocycles. The van der Waals surface area contributed by atoms with Crippen LogP contribution in [0.1, 0.15) is 56.2 Å². The Labute approximate surface area is 294 Å². The Morgan fingerprint density at radius 2 is 1.66 bits per heavy atom. The van der Waals surface area contributed by atoms with Crippen molar-refractivity contribution in [1.82, 2.24) is 14.9 Å². The number of fused-ring (bicyclic) bond motifs is 1. The third-order valence-electron chi connectivity index (χ3n) is 9.22. The zero-order valence-electron chi connectivity index (χ0n) is 29.4. The van der Waals surface area contributed by atoms with Crippen LogP contribution in [0, 0.1) is 0 Å². The highest BCUT2D eigenvalue weighted by atomic mass is 16.5. The summed E-state index contributed by atoms with van der Waals surface area (Å²) in [5.41, 5.74) is 6.42. The largest absolute Gasteiger partial charge is 0.492 e. The van der Waals surface area contributed by atoms with Gasteiger partial charge >= 0.3 is 6.03 Å². The maximum Gasteiger partial charge on any atom is 0.326 e. The second-order valence-corrected chi connectivity index (χ2v) is 13.4. The minimum absolute atomic E-state index is 0.114. The summed E-state index contributed by atoms with van der Waals surface area (Å²) < 4.78 is 11.7. The molecule has 1 aliphatic heterocycles. The van der Waals surface area contributed by atoms with Crippen molar-refractivity contribution in [2.45, 2.75) is 46.0 Å². The molecule has 0 unspecified atom stereocenters. The van der Waals surface area contributed by atoms with Gasteiger partial charge in [-0.2, -0.15) is 0 Å². The van der Waals surface area contributed by atoms with Crippen LogP contribution in [0.25, 0.3) is 22.2 Å². The Bertz CT molecular complexity index is 1940. The smallest absolute Gasteiger partial charge is 0.326 e. The van der Waals surface area contributed by atoms with E-state index in [0.717, 1.165) is 77.5 Å². The number of anilines is 2. The zero-order chi connectivity index (χ0) is 35.0. The maximum absolute atomic E-state index is 14.4. The van der Waals surface area contributed by atoms with E-state index in [1.807, 2.05) is 54.6 Å². The number of morpholine rings is 1. The van der Waals surface area contributed by atoms with Gasteiger partial charge in [0.1, 0.15) is 23.7 Å². The summed E-state index contributed by atoms with van der Waals surface area (Å²) in [6.07, 6.45) is 2.22. The number of pyridine rings is 2. The van der Waals surface area contributed by atoms with E-state index in [1.54, 1.807) is 17.2 Å². The van der Waals surface area contributed by atoms with Crippen molar-refractivity contribution in [3.63, 3.8) is 0 Å². The van der Waals surface area contributed by atoms with E-state index in [0.29, 0.717) is 25.2 Å². The van der Waals surface area contributed by atoms with E-state index >= 15 is 0 Å². The van der Waals surface area contributed by atoms with Gasteiger partial charge in [-0.3, -0.25) is 14.6 Å². The number of urea groups is 1. The SMILES string of the molecule is CC(C)c1cc(-c2cccc(OCCN3CCOCC3)c2)cc(C(C)C)c1NC(=O)N(CCc1ccccc1)c1cc2cccnc2[nH]c1=O. The molecule has 0 atom stereocenters. The third-order valence-corrected chi connectivity index (χ3v) is 9.22. The molecule has 3 aromatic carbocycles. The highest BCUT2D eigenvalue weighted by Crippen LogP contribution is 2.38. The molecular formula is C41H47N5O4. The summed E-state index contributed by atoms with van der Waals surface area (Å²) in [4.78, 5) is 38.9. The van der Waals surface area contributed by atoms with Gasteiger partial charge in [0.05, 0.1) is 13.2 Å². The van der Waals surface area contributed by atoms with E-state index in [9.17, 15) is 9.59 Å². The number of ether oxygens (including phenoxy) is 2. The molecule has 9 heteroatoms. The van der Waals surface area contributed by atoms with E-state index in [1.165, 1.54) is 0 Å². The normalized spacial score (nSPS) is 13.6. The number of carbonyl (C=O) groups excluding carboxylic acids is 1. The molecule has 260 valence electrons. The van der Waals surface area contributed by atoms with Gasteiger partial charge < -0.3 is 19.8 Å². The van der Waals surface area contributed by atoms with Crippen molar-refractivity contribution in [3.05, 3.63) is 118 Å². The molecule has 3 heterocycles. The van der Waals surface area contributed by atoms with Crippen LogP contribution in [-0.4, -0.2) is 66.9 Å². The number of carbonyl (C=O) groups is 1. The predicted molar refractivity (Wildman–Crippen MR) is 202 cm³/mol. The van der Waals surface area contributed by atoms with Crippen molar-refractivity contribution in [3.8, 4) is 16.9 Å². The van der Waals surface area contributed by atoms with Crippen LogP contribution in [0.3, 0.4) is 0 Å². The molecule has 5 aromatic rings. The minimum atomic E-state index is -0.366. The first-order valence-corrected chi connectivity index (χ1v) is 17.6. The quantitative estimate of drug-likeness (QED) is 0.140. The molecule has 1 fully saturated rings. The first kappa shape index (κ1) is 34.9. The Balaban J connectivity index is 1.31. The summed E-state index contributed by atoms with van der Waals surface area (Å²) in [5.74, 6) is 1.06. The molecule has 0 aliphatic carbocycles. The Kier molecular flexibility index (Phi) is 11.3. The number of hydrogen-bond acceptors (Lipinski definition) is 6. The molecule has 6 rings (SSSR count). The van der Waals surface area contributed by atoms with Crippen LogP contribution >= 0.6 is 0 Å². The van der Waals surface area contributed by atoms with Crippen molar-refractivity contribution < 1.29 is 14.3 Å². The Hall–Kier alpha value is -4.99. The lowest BCUT2D eigenvalue weighted by Gasteiger charge is -2.27. The Morgan fingerprint density at radius 1 is 0.920 bits per heavy atom. The molecule has 0 spiro atoms. The van der Waals surface area contributed by atoms with Gasteiger partial charge in [-0.1, -0.05) is 70.2 Å². The van der Waals surface area contributed by atoms with E-state index in [-0.39, 0.29) is 29.1 Å². The van der Waals surface area contributed by atoms with Crippen LogP contribution in [0.5, 0.6) is 5.75 Å². The predicted octanol–water partition coefficient (Wildman–Crippen LogP) is 7.83. The molecule has 0 saturated carbocycles. The number of aromatic amines is 1.